The molecule has 0 spiro atoms. The van der Waals surface area contributed by atoms with Crippen molar-refractivity contribution in [1.82, 2.24) is 14.9 Å². The number of fused-ring (bicyclic) bond motifs is 1. The van der Waals surface area contributed by atoms with E-state index in [0.717, 1.165) is 58.1 Å². The van der Waals surface area contributed by atoms with Gasteiger partial charge in [0.2, 0.25) is 0 Å². The Bertz CT molecular complexity index is 699. The predicted octanol–water partition coefficient (Wildman–Crippen LogP) is 2.46. The zero-order valence-electron chi connectivity index (χ0n) is 13.8. The van der Waals surface area contributed by atoms with Crippen LogP contribution in [-0.4, -0.2) is 60.3 Å². The topological polar surface area (TPSA) is 41.5 Å². The first-order valence-corrected chi connectivity index (χ1v) is 8.79. The molecule has 2 fully saturated rings. The number of aromatic nitrogens is 2. The van der Waals surface area contributed by atoms with E-state index in [4.69, 9.17) is 4.74 Å². The van der Waals surface area contributed by atoms with E-state index in [1.54, 1.807) is 12.4 Å². The molecule has 0 radical (unpaired) electrons. The van der Waals surface area contributed by atoms with Crippen LogP contribution in [0.1, 0.15) is 19.3 Å². The van der Waals surface area contributed by atoms with Gasteiger partial charge in [-0.15, -0.1) is 0 Å². The van der Waals surface area contributed by atoms with Crippen molar-refractivity contribution in [3.63, 3.8) is 0 Å². The third-order valence-electron chi connectivity index (χ3n) is 5.06. The van der Waals surface area contributed by atoms with Crippen molar-refractivity contribution in [1.29, 1.82) is 0 Å². The van der Waals surface area contributed by atoms with Gasteiger partial charge in [0.15, 0.2) is 0 Å². The number of anilines is 1. The molecule has 1 aromatic heterocycles. The minimum atomic E-state index is -0.237. The van der Waals surface area contributed by atoms with Crippen molar-refractivity contribution in [2.24, 2.45) is 0 Å². The molecule has 0 N–H and O–H groups in total. The second kappa shape index (κ2) is 6.99. The maximum atomic E-state index is 14.5. The zero-order valence-corrected chi connectivity index (χ0v) is 13.8. The number of hydrogen-bond acceptors (Lipinski definition) is 5. The van der Waals surface area contributed by atoms with Gasteiger partial charge >= 0.3 is 0 Å². The van der Waals surface area contributed by atoms with E-state index in [2.05, 4.69) is 19.8 Å². The number of benzene rings is 1. The minimum Gasteiger partial charge on any atom is -0.379 e. The highest BCUT2D eigenvalue weighted by atomic mass is 19.1. The smallest absolute Gasteiger partial charge is 0.143 e. The molecule has 3 heterocycles. The molecule has 0 aliphatic carbocycles. The first kappa shape index (κ1) is 15.7. The van der Waals surface area contributed by atoms with Crippen molar-refractivity contribution in [3.05, 3.63) is 30.3 Å². The molecule has 0 unspecified atom stereocenters. The first-order chi connectivity index (χ1) is 11.8. The minimum absolute atomic E-state index is 0.237. The quantitative estimate of drug-likeness (QED) is 0.865. The summed E-state index contributed by atoms with van der Waals surface area (Å²) in [6, 6.07) is 5.42. The van der Waals surface area contributed by atoms with Gasteiger partial charge in [0.1, 0.15) is 18.0 Å². The third-order valence-corrected chi connectivity index (χ3v) is 5.06. The number of halogens is 1. The average molecular weight is 330 g/mol. The SMILES string of the molecule is Fc1cccc2ncnc(N3CCCC[C@H]3CN3CCOCC3)c12. The van der Waals surface area contributed by atoms with Gasteiger partial charge in [-0.1, -0.05) is 6.07 Å². The van der Waals surface area contributed by atoms with Crippen molar-refractivity contribution < 1.29 is 9.13 Å². The molecule has 6 heteroatoms. The van der Waals surface area contributed by atoms with Gasteiger partial charge < -0.3 is 9.64 Å². The van der Waals surface area contributed by atoms with Crippen molar-refractivity contribution in [3.8, 4) is 0 Å². The second-order valence-electron chi connectivity index (χ2n) is 6.59. The summed E-state index contributed by atoms with van der Waals surface area (Å²) in [6.07, 6.45) is 5.02. The van der Waals surface area contributed by atoms with Crippen LogP contribution < -0.4 is 4.90 Å². The molecule has 2 saturated heterocycles. The van der Waals surface area contributed by atoms with E-state index in [-0.39, 0.29) is 5.82 Å². The van der Waals surface area contributed by atoms with Crippen LogP contribution in [0, 0.1) is 5.82 Å². The molecule has 0 saturated carbocycles. The van der Waals surface area contributed by atoms with Crippen LogP contribution in [-0.2, 0) is 4.74 Å². The molecular formula is C18H23FN4O. The van der Waals surface area contributed by atoms with Crippen molar-refractivity contribution in [2.75, 3.05) is 44.3 Å². The third kappa shape index (κ3) is 3.08. The van der Waals surface area contributed by atoms with Gasteiger partial charge in [0.25, 0.3) is 0 Å². The fourth-order valence-corrected chi connectivity index (χ4v) is 3.82. The Morgan fingerprint density at radius 1 is 1.12 bits per heavy atom. The molecule has 2 aliphatic rings. The lowest BCUT2D eigenvalue weighted by Crippen LogP contribution is -2.49. The number of piperidine rings is 1. The Hall–Kier alpha value is -1.79. The van der Waals surface area contributed by atoms with E-state index < -0.39 is 0 Å². The normalized spacial score (nSPS) is 22.9. The van der Waals surface area contributed by atoms with Crippen LogP contribution in [0.15, 0.2) is 24.5 Å². The second-order valence-corrected chi connectivity index (χ2v) is 6.59. The van der Waals surface area contributed by atoms with Crippen LogP contribution in [0.4, 0.5) is 10.2 Å². The van der Waals surface area contributed by atoms with Gasteiger partial charge in [-0.3, -0.25) is 4.90 Å². The number of rotatable bonds is 3. The zero-order chi connectivity index (χ0) is 16.4. The van der Waals surface area contributed by atoms with E-state index in [1.165, 1.54) is 12.5 Å². The fourth-order valence-electron chi connectivity index (χ4n) is 3.82. The van der Waals surface area contributed by atoms with E-state index >= 15 is 0 Å². The van der Waals surface area contributed by atoms with Gasteiger partial charge in [0, 0.05) is 32.2 Å². The predicted molar refractivity (Wildman–Crippen MR) is 91.7 cm³/mol. The van der Waals surface area contributed by atoms with Crippen LogP contribution >= 0.6 is 0 Å². The summed E-state index contributed by atoms with van der Waals surface area (Å²) < 4.78 is 19.9. The Morgan fingerprint density at radius 2 is 2.00 bits per heavy atom. The molecule has 1 atom stereocenters. The molecule has 1 aromatic carbocycles. The number of hydrogen-bond donors (Lipinski definition) is 0. The van der Waals surface area contributed by atoms with Crippen molar-refractivity contribution in [2.45, 2.75) is 25.3 Å². The molecule has 5 nitrogen and oxygen atoms in total. The summed E-state index contributed by atoms with van der Waals surface area (Å²) in [4.78, 5) is 13.4. The lowest BCUT2D eigenvalue weighted by molar-refractivity contribution is 0.0338. The monoisotopic (exact) mass is 330 g/mol. The first-order valence-electron chi connectivity index (χ1n) is 8.79. The number of nitrogens with zero attached hydrogens (tertiary/aromatic N) is 4. The van der Waals surface area contributed by atoms with Crippen molar-refractivity contribution >= 4 is 16.7 Å². The highest BCUT2D eigenvalue weighted by molar-refractivity contribution is 5.90. The van der Waals surface area contributed by atoms with Crippen LogP contribution in [0.2, 0.25) is 0 Å². The summed E-state index contributed by atoms with van der Waals surface area (Å²) >= 11 is 0. The molecule has 24 heavy (non-hydrogen) atoms. The summed E-state index contributed by atoms with van der Waals surface area (Å²) in [7, 11) is 0. The molecule has 0 bridgehead atoms. The number of morpholine rings is 1. The summed E-state index contributed by atoms with van der Waals surface area (Å²) in [5.74, 6) is 0.509. The molecule has 2 aliphatic heterocycles. The summed E-state index contributed by atoms with van der Waals surface area (Å²) in [6.45, 7) is 5.47. The maximum Gasteiger partial charge on any atom is 0.143 e. The lowest BCUT2D eigenvalue weighted by atomic mass is 10.0. The summed E-state index contributed by atoms with van der Waals surface area (Å²) in [5, 5.41) is 0.550. The lowest BCUT2D eigenvalue weighted by Gasteiger charge is -2.40. The van der Waals surface area contributed by atoms with Gasteiger partial charge in [0.05, 0.1) is 24.1 Å². The molecule has 2 aromatic rings. The molecule has 0 amide bonds. The van der Waals surface area contributed by atoms with E-state index in [9.17, 15) is 4.39 Å². The largest absolute Gasteiger partial charge is 0.379 e. The Morgan fingerprint density at radius 3 is 2.88 bits per heavy atom. The Balaban J connectivity index is 1.65. The van der Waals surface area contributed by atoms with Gasteiger partial charge in [-0.25, -0.2) is 14.4 Å². The molecular weight excluding hydrogens is 307 g/mol. The van der Waals surface area contributed by atoms with Gasteiger partial charge in [-0.05, 0) is 31.4 Å². The van der Waals surface area contributed by atoms with Crippen LogP contribution in [0.3, 0.4) is 0 Å². The van der Waals surface area contributed by atoms with E-state index in [1.807, 2.05) is 6.07 Å². The maximum absolute atomic E-state index is 14.5. The highest BCUT2D eigenvalue weighted by Crippen LogP contribution is 2.30. The Kier molecular flexibility index (Phi) is 4.58. The van der Waals surface area contributed by atoms with E-state index in [0.29, 0.717) is 16.9 Å². The summed E-state index contributed by atoms with van der Waals surface area (Å²) in [5.41, 5.74) is 0.677. The fraction of sp³-hybridized carbons (Fsp3) is 0.556. The van der Waals surface area contributed by atoms with Gasteiger partial charge in [-0.2, -0.15) is 0 Å². The standard InChI is InChI=1S/C18H23FN4O/c19-15-5-3-6-16-17(15)18(21-13-20-16)23-7-2-1-4-14(23)12-22-8-10-24-11-9-22/h3,5-6,13-14H,1-2,4,7-12H2/t14-/m0/s1. The molecule has 4 rings (SSSR count). The molecule has 128 valence electrons. The highest BCUT2D eigenvalue weighted by Gasteiger charge is 2.28. The van der Waals surface area contributed by atoms with Crippen LogP contribution in [0.5, 0.6) is 0 Å². The Labute approximate surface area is 141 Å². The van der Waals surface area contributed by atoms with Crippen LogP contribution in [0.25, 0.3) is 10.9 Å². The number of ether oxygens (including phenoxy) is 1. The average Bonchev–Trinajstić information content (AvgIpc) is 2.63.